The minimum Gasteiger partial charge on any atom is -0.485 e. The van der Waals surface area contributed by atoms with Crippen LogP contribution in [-0.2, 0) is 9.47 Å². The maximum atomic E-state index is 5.80. The average Bonchev–Trinajstić information content (AvgIpc) is 2.82. The van der Waals surface area contributed by atoms with Gasteiger partial charge in [-0.2, -0.15) is 0 Å². The molecule has 0 bridgehead atoms. The van der Waals surface area contributed by atoms with Gasteiger partial charge in [-0.3, -0.25) is 0 Å². The van der Waals surface area contributed by atoms with Gasteiger partial charge in [0.05, 0.1) is 13.2 Å². The molecule has 0 aromatic rings. The molecule has 0 unspecified atom stereocenters. The van der Waals surface area contributed by atoms with Crippen molar-refractivity contribution in [3.63, 3.8) is 0 Å². The molecule has 32 heavy (non-hydrogen) atoms. The largest absolute Gasteiger partial charge is 0.485 e. The summed E-state index contributed by atoms with van der Waals surface area (Å²) in [7, 11) is 0. The number of hydrogen-bond donors (Lipinski definition) is 0. The maximum Gasteiger partial charge on any atom is 0.170 e. The van der Waals surface area contributed by atoms with E-state index in [4.69, 9.17) is 9.47 Å². The standard InChI is InChI=1S/C30H52O2/c1-3-5-7-9-11-13-15-17-19-21-27-31-29-23-25-30(26-24-29)32-28-22-20-18-16-14-12-10-8-6-4-2/h23,26H,3-22,27-28H2,1-2H3. The summed E-state index contributed by atoms with van der Waals surface area (Å²) in [5.74, 6) is 1.57. The highest BCUT2D eigenvalue weighted by Crippen LogP contribution is 2.13. The van der Waals surface area contributed by atoms with Gasteiger partial charge in [-0.1, -0.05) is 141 Å². The second-order valence-corrected chi connectivity index (χ2v) is 9.37. The molecule has 2 nitrogen and oxygen atoms in total. The van der Waals surface area contributed by atoms with E-state index in [-0.39, 0.29) is 0 Å². The van der Waals surface area contributed by atoms with E-state index in [9.17, 15) is 0 Å². The van der Waals surface area contributed by atoms with E-state index < -0.39 is 0 Å². The van der Waals surface area contributed by atoms with Crippen LogP contribution in [0.4, 0.5) is 0 Å². The molecule has 0 spiro atoms. The second-order valence-electron chi connectivity index (χ2n) is 9.37. The van der Waals surface area contributed by atoms with Gasteiger partial charge in [-0.05, 0) is 12.8 Å². The Morgan fingerprint density at radius 3 is 1.00 bits per heavy atom. The van der Waals surface area contributed by atoms with Crippen LogP contribution >= 0.6 is 0 Å². The van der Waals surface area contributed by atoms with Crippen LogP contribution in [0.3, 0.4) is 0 Å². The molecular weight excluding hydrogens is 392 g/mol. The van der Waals surface area contributed by atoms with Crippen molar-refractivity contribution >= 4 is 0 Å². The van der Waals surface area contributed by atoms with E-state index in [1.54, 1.807) is 0 Å². The lowest BCUT2D eigenvalue weighted by atomic mass is 10.1. The lowest BCUT2D eigenvalue weighted by molar-refractivity contribution is 0.209. The van der Waals surface area contributed by atoms with Crippen molar-refractivity contribution in [1.29, 1.82) is 0 Å². The van der Waals surface area contributed by atoms with Gasteiger partial charge in [0.15, 0.2) is 11.5 Å². The Labute approximate surface area is 200 Å². The zero-order chi connectivity index (χ0) is 23.0. The molecule has 0 radical (unpaired) electrons. The second kappa shape index (κ2) is 22.8. The fraction of sp³-hybridized carbons (Fsp3) is 0.800. The third-order valence-electron chi connectivity index (χ3n) is 6.20. The predicted octanol–water partition coefficient (Wildman–Crippen LogP) is 9.95. The van der Waals surface area contributed by atoms with Gasteiger partial charge < -0.3 is 9.47 Å². The topological polar surface area (TPSA) is 18.5 Å². The summed E-state index contributed by atoms with van der Waals surface area (Å²) in [5.41, 5.74) is 6.37. The van der Waals surface area contributed by atoms with Gasteiger partial charge in [-0.15, -0.1) is 0 Å². The highest BCUT2D eigenvalue weighted by atomic mass is 16.5. The van der Waals surface area contributed by atoms with Gasteiger partial charge in [0.2, 0.25) is 0 Å². The van der Waals surface area contributed by atoms with Crippen molar-refractivity contribution in [3.05, 3.63) is 35.1 Å². The number of unbranched alkanes of at least 4 members (excludes halogenated alkanes) is 18. The van der Waals surface area contributed by atoms with Gasteiger partial charge in [0.25, 0.3) is 0 Å². The Hall–Kier alpha value is -1.36. The first-order valence-corrected chi connectivity index (χ1v) is 14.1. The first kappa shape index (κ1) is 28.7. The molecule has 0 heterocycles. The molecule has 2 heteroatoms. The smallest absolute Gasteiger partial charge is 0.170 e. The SMILES string of the molecule is CCCCCCCCCCCCOC1=C=CC(OCCCCCCCCCCCC)=C=C1. The minimum atomic E-state index is 0.777. The average molecular weight is 445 g/mol. The summed E-state index contributed by atoms with van der Waals surface area (Å²) in [6, 6.07) is 0. The number of hydrogen-bond acceptors (Lipinski definition) is 2. The summed E-state index contributed by atoms with van der Waals surface area (Å²) < 4.78 is 11.6. The summed E-state index contributed by atoms with van der Waals surface area (Å²) in [6.07, 6.45) is 30.7. The zero-order valence-electron chi connectivity index (χ0n) is 21.5. The Bertz CT molecular complexity index is 497. The molecule has 1 rings (SSSR count). The lowest BCUT2D eigenvalue weighted by Gasteiger charge is -2.08. The van der Waals surface area contributed by atoms with Crippen LogP contribution in [0.2, 0.25) is 0 Å². The Kier molecular flexibility index (Phi) is 20.4. The molecular formula is C30H52O2. The van der Waals surface area contributed by atoms with Crippen molar-refractivity contribution in [3.8, 4) is 0 Å². The molecule has 0 saturated carbocycles. The highest BCUT2D eigenvalue weighted by Gasteiger charge is 2.00. The molecule has 1 aliphatic carbocycles. The van der Waals surface area contributed by atoms with E-state index in [0.29, 0.717) is 0 Å². The molecule has 0 N–H and O–H groups in total. The minimum absolute atomic E-state index is 0.777. The van der Waals surface area contributed by atoms with E-state index in [1.807, 2.05) is 12.2 Å². The predicted molar refractivity (Wildman–Crippen MR) is 139 cm³/mol. The molecule has 0 fully saturated rings. The van der Waals surface area contributed by atoms with Crippen molar-refractivity contribution in [2.45, 2.75) is 142 Å². The van der Waals surface area contributed by atoms with Crippen molar-refractivity contribution < 1.29 is 9.47 Å². The van der Waals surface area contributed by atoms with Crippen molar-refractivity contribution in [2.75, 3.05) is 13.2 Å². The fourth-order valence-electron chi connectivity index (χ4n) is 4.07. The Morgan fingerprint density at radius 2 is 0.719 bits per heavy atom. The molecule has 1 aliphatic rings. The normalized spacial score (nSPS) is 12.7. The monoisotopic (exact) mass is 444 g/mol. The summed E-state index contributed by atoms with van der Waals surface area (Å²) in [6.45, 7) is 6.11. The maximum absolute atomic E-state index is 5.80. The third kappa shape index (κ3) is 18.2. The molecule has 0 aromatic heterocycles. The quantitative estimate of drug-likeness (QED) is 0.109. The number of ether oxygens (including phenoxy) is 2. The molecule has 0 atom stereocenters. The van der Waals surface area contributed by atoms with Crippen molar-refractivity contribution in [1.82, 2.24) is 0 Å². The van der Waals surface area contributed by atoms with Gasteiger partial charge >= 0.3 is 0 Å². The molecule has 184 valence electrons. The number of rotatable bonds is 24. The first-order chi connectivity index (χ1) is 15.9. The third-order valence-corrected chi connectivity index (χ3v) is 6.20. The molecule has 0 amide bonds. The van der Waals surface area contributed by atoms with Gasteiger partial charge in [-0.25, -0.2) is 0 Å². The van der Waals surface area contributed by atoms with Crippen LogP contribution in [0, 0.1) is 0 Å². The summed E-state index contributed by atoms with van der Waals surface area (Å²) in [5, 5.41) is 0. The van der Waals surface area contributed by atoms with E-state index >= 15 is 0 Å². The zero-order valence-corrected chi connectivity index (χ0v) is 21.5. The van der Waals surface area contributed by atoms with E-state index in [2.05, 4.69) is 25.3 Å². The Balaban J connectivity index is 1.89. The first-order valence-electron chi connectivity index (χ1n) is 14.1. The molecule has 0 aliphatic heterocycles. The lowest BCUT2D eigenvalue weighted by Crippen LogP contribution is -1.96. The van der Waals surface area contributed by atoms with Crippen LogP contribution in [0.15, 0.2) is 35.1 Å². The van der Waals surface area contributed by atoms with E-state index in [1.165, 1.54) is 116 Å². The fourth-order valence-corrected chi connectivity index (χ4v) is 4.07. The molecule has 0 saturated heterocycles. The van der Waals surface area contributed by atoms with Crippen LogP contribution in [0.25, 0.3) is 0 Å². The van der Waals surface area contributed by atoms with Crippen LogP contribution in [-0.4, -0.2) is 13.2 Å². The van der Waals surface area contributed by atoms with Crippen molar-refractivity contribution in [2.24, 2.45) is 0 Å². The van der Waals surface area contributed by atoms with Crippen LogP contribution in [0.5, 0.6) is 0 Å². The van der Waals surface area contributed by atoms with E-state index in [0.717, 1.165) is 37.6 Å². The summed E-state index contributed by atoms with van der Waals surface area (Å²) in [4.78, 5) is 0. The van der Waals surface area contributed by atoms with Gasteiger partial charge in [0.1, 0.15) is 0 Å². The Morgan fingerprint density at radius 1 is 0.438 bits per heavy atom. The van der Waals surface area contributed by atoms with Crippen LogP contribution in [0.1, 0.15) is 142 Å². The molecule has 0 aromatic carbocycles. The summed E-state index contributed by atoms with van der Waals surface area (Å²) >= 11 is 0. The highest BCUT2D eigenvalue weighted by molar-refractivity contribution is 5.24. The van der Waals surface area contributed by atoms with Gasteiger partial charge in [0, 0.05) is 12.2 Å². The van der Waals surface area contributed by atoms with Crippen LogP contribution < -0.4 is 0 Å².